The lowest BCUT2D eigenvalue weighted by molar-refractivity contribution is -0.140. The minimum absolute atomic E-state index is 0.0830. The molecular formula is C37H43N3O4S2. The van der Waals surface area contributed by atoms with Crippen LogP contribution in [0, 0.1) is 19.8 Å². The fourth-order valence-corrected chi connectivity index (χ4v) is 6.88. The molecule has 0 saturated heterocycles. The highest BCUT2D eigenvalue weighted by molar-refractivity contribution is 7.98. The molecule has 242 valence electrons. The Balaban J connectivity index is 1.80. The molecule has 46 heavy (non-hydrogen) atoms. The first kappa shape index (κ1) is 34.8. The zero-order chi connectivity index (χ0) is 33.3. The first-order valence-electron chi connectivity index (χ1n) is 15.4. The number of nitrogens with zero attached hydrogens (tertiary/aromatic N) is 2. The molecule has 0 fully saturated rings. The number of aryl methyl sites for hydroxylation is 2. The number of hydrogen-bond acceptors (Lipinski definition) is 5. The number of amides is 2. The minimum atomic E-state index is -4.15. The predicted octanol–water partition coefficient (Wildman–Crippen LogP) is 6.63. The first-order valence-corrected chi connectivity index (χ1v) is 18.0. The molecule has 0 bridgehead atoms. The van der Waals surface area contributed by atoms with E-state index in [4.69, 9.17) is 0 Å². The van der Waals surface area contributed by atoms with Crippen LogP contribution in [0.25, 0.3) is 0 Å². The number of thioether (sulfide) groups is 1. The second kappa shape index (κ2) is 16.0. The monoisotopic (exact) mass is 657 g/mol. The van der Waals surface area contributed by atoms with Crippen LogP contribution in [0.15, 0.2) is 113 Å². The fraction of sp³-hybridized carbons (Fsp3) is 0.297. The van der Waals surface area contributed by atoms with Gasteiger partial charge in [0.2, 0.25) is 11.8 Å². The Bertz CT molecular complexity index is 1710. The Morgan fingerprint density at radius 2 is 1.46 bits per heavy atom. The Morgan fingerprint density at radius 3 is 2.07 bits per heavy atom. The third-order valence-corrected chi connectivity index (χ3v) is 10.3. The van der Waals surface area contributed by atoms with Crippen LogP contribution in [0.4, 0.5) is 5.69 Å². The molecule has 7 nitrogen and oxygen atoms in total. The number of benzene rings is 4. The van der Waals surface area contributed by atoms with Crippen LogP contribution in [-0.2, 0) is 32.6 Å². The topological polar surface area (TPSA) is 86.8 Å². The van der Waals surface area contributed by atoms with E-state index in [1.54, 1.807) is 41.3 Å². The van der Waals surface area contributed by atoms with E-state index >= 15 is 0 Å². The number of carbonyl (C=O) groups is 2. The van der Waals surface area contributed by atoms with Crippen molar-refractivity contribution in [1.82, 2.24) is 10.2 Å². The molecule has 0 spiro atoms. The summed E-state index contributed by atoms with van der Waals surface area (Å²) < 4.78 is 29.6. The van der Waals surface area contributed by atoms with E-state index in [2.05, 4.69) is 5.32 Å². The first-order chi connectivity index (χ1) is 22.0. The van der Waals surface area contributed by atoms with Crippen LogP contribution in [0.5, 0.6) is 0 Å². The van der Waals surface area contributed by atoms with Gasteiger partial charge in [-0.2, -0.15) is 0 Å². The molecule has 0 saturated carbocycles. The van der Waals surface area contributed by atoms with Crippen molar-refractivity contribution in [2.24, 2.45) is 5.92 Å². The van der Waals surface area contributed by atoms with Crippen molar-refractivity contribution in [1.29, 1.82) is 0 Å². The van der Waals surface area contributed by atoms with Gasteiger partial charge in [0.15, 0.2) is 0 Å². The zero-order valence-electron chi connectivity index (χ0n) is 27.1. The molecular weight excluding hydrogens is 615 g/mol. The third-order valence-electron chi connectivity index (χ3n) is 7.81. The van der Waals surface area contributed by atoms with Crippen LogP contribution in [-0.4, -0.2) is 50.5 Å². The highest BCUT2D eigenvalue weighted by Crippen LogP contribution is 2.27. The highest BCUT2D eigenvalue weighted by Gasteiger charge is 2.34. The number of sulfonamides is 1. The summed E-state index contributed by atoms with van der Waals surface area (Å²) in [6.45, 7) is 8.02. The van der Waals surface area contributed by atoms with E-state index in [-0.39, 0.29) is 29.7 Å². The van der Waals surface area contributed by atoms with Gasteiger partial charge in [0.05, 0.1) is 10.6 Å². The van der Waals surface area contributed by atoms with Gasteiger partial charge in [-0.15, -0.1) is 11.8 Å². The van der Waals surface area contributed by atoms with Crippen LogP contribution >= 0.6 is 11.8 Å². The van der Waals surface area contributed by atoms with Crippen LogP contribution in [0.2, 0.25) is 0 Å². The van der Waals surface area contributed by atoms with Gasteiger partial charge >= 0.3 is 0 Å². The summed E-state index contributed by atoms with van der Waals surface area (Å²) in [6, 6.07) is 30.1. The van der Waals surface area contributed by atoms with Crippen molar-refractivity contribution in [3.8, 4) is 0 Å². The summed E-state index contributed by atoms with van der Waals surface area (Å²) in [5.41, 5.74) is 4.07. The molecule has 0 aliphatic carbocycles. The number of nitrogens with one attached hydrogen (secondary N) is 1. The largest absolute Gasteiger partial charge is 0.354 e. The lowest BCUT2D eigenvalue weighted by Gasteiger charge is -2.34. The number of anilines is 1. The lowest BCUT2D eigenvalue weighted by atomic mass is 10.0. The Morgan fingerprint density at radius 1 is 0.826 bits per heavy atom. The number of hydrogen-bond donors (Lipinski definition) is 1. The van der Waals surface area contributed by atoms with E-state index in [1.165, 1.54) is 11.8 Å². The van der Waals surface area contributed by atoms with Crippen LogP contribution in [0.3, 0.4) is 0 Å². The summed E-state index contributed by atoms with van der Waals surface area (Å²) >= 11 is 1.52. The van der Waals surface area contributed by atoms with Gasteiger partial charge in [-0.3, -0.25) is 13.9 Å². The maximum Gasteiger partial charge on any atom is 0.264 e. The highest BCUT2D eigenvalue weighted by atomic mass is 32.2. The van der Waals surface area contributed by atoms with Crippen molar-refractivity contribution in [3.05, 3.63) is 125 Å². The molecule has 0 radical (unpaired) electrons. The van der Waals surface area contributed by atoms with Gasteiger partial charge in [0.1, 0.15) is 12.6 Å². The molecule has 1 atom stereocenters. The van der Waals surface area contributed by atoms with Crippen molar-refractivity contribution in [2.45, 2.75) is 56.5 Å². The molecule has 0 aromatic heterocycles. The third kappa shape index (κ3) is 9.01. The minimum Gasteiger partial charge on any atom is -0.354 e. The van der Waals surface area contributed by atoms with Crippen molar-refractivity contribution >= 4 is 39.3 Å². The average Bonchev–Trinajstić information content (AvgIpc) is 3.05. The summed E-state index contributed by atoms with van der Waals surface area (Å²) in [5, 5.41) is 3.03. The second-order valence-electron chi connectivity index (χ2n) is 11.8. The molecule has 9 heteroatoms. The second-order valence-corrected chi connectivity index (χ2v) is 14.6. The smallest absolute Gasteiger partial charge is 0.264 e. The number of carbonyl (C=O) groups excluding carboxylic acids is 2. The normalized spacial score (nSPS) is 12.0. The van der Waals surface area contributed by atoms with E-state index < -0.39 is 28.5 Å². The van der Waals surface area contributed by atoms with Gasteiger partial charge in [0, 0.05) is 24.4 Å². The maximum absolute atomic E-state index is 14.6. The maximum atomic E-state index is 14.6. The van der Waals surface area contributed by atoms with Crippen LogP contribution in [0.1, 0.15) is 36.1 Å². The molecule has 4 rings (SSSR count). The van der Waals surface area contributed by atoms with Gasteiger partial charge in [-0.05, 0) is 79.1 Å². The molecule has 4 aromatic rings. The summed E-state index contributed by atoms with van der Waals surface area (Å²) in [6.07, 6.45) is 2.20. The Kier molecular flexibility index (Phi) is 12.1. The molecule has 1 N–H and O–H groups in total. The standard InChI is InChI=1S/C37H43N3O4S2/c1-27(2)24-38-37(42)35(23-30-12-7-6-8-13-30)39(25-31-14-10-9-11-29(31)4)36(41)26-40(32-17-15-28(3)16-18-32)46(43,44)34-21-19-33(45-5)20-22-34/h6-22,27,35H,23-26H2,1-5H3,(H,38,42). The van der Waals surface area contributed by atoms with Gasteiger partial charge < -0.3 is 10.2 Å². The fourth-order valence-electron chi connectivity index (χ4n) is 5.06. The zero-order valence-corrected chi connectivity index (χ0v) is 28.8. The Labute approximate surface area is 278 Å². The average molecular weight is 658 g/mol. The number of rotatable bonds is 14. The van der Waals surface area contributed by atoms with Gasteiger partial charge in [-0.25, -0.2) is 8.42 Å². The van der Waals surface area contributed by atoms with Gasteiger partial charge in [-0.1, -0.05) is 86.1 Å². The SMILES string of the molecule is CSc1ccc(S(=O)(=O)N(CC(=O)N(Cc2ccccc2C)C(Cc2ccccc2)C(=O)NCC(C)C)c2ccc(C)cc2)cc1. The van der Waals surface area contributed by atoms with Crippen molar-refractivity contribution in [2.75, 3.05) is 23.7 Å². The van der Waals surface area contributed by atoms with E-state index in [9.17, 15) is 18.0 Å². The molecule has 1 unspecified atom stereocenters. The van der Waals surface area contributed by atoms with E-state index in [0.717, 1.165) is 31.5 Å². The molecule has 2 amide bonds. The predicted molar refractivity (Wildman–Crippen MR) is 187 cm³/mol. The van der Waals surface area contributed by atoms with E-state index in [0.29, 0.717) is 12.2 Å². The van der Waals surface area contributed by atoms with Crippen LogP contribution < -0.4 is 9.62 Å². The van der Waals surface area contributed by atoms with E-state index in [1.807, 2.05) is 101 Å². The van der Waals surface area contributed by atoms with Crippen molar-refractivity contribution < 1.29 is 18.0 Å². The molecule has 0 aliphatic heterocycles. The lowest BCUT2D eigenvalue weighted by Crippen LogP contribution is -2.53. The summed E-state index contributed by atoms with van der Waals surface area (Å²) in [5.74, 6) is -0.549. The molecule has 0 aliphatic rings. The van der Waals surface area contributed by atoms with Crippen molar-refractivity contribution in [3.63, 3.8) is 0 Å². The molecule has 4 aromatic carbocycles. The molecule has 0 heterocycles. The summed E-state index contributed by atoms with van der Waals surface area (Å²) in [4.78, 5) is 31.1. The Hall–Kier alpha value is -4.08. The quantitative estimate of drug-likeness (QED) is 0.154. The summed E-state index contributed by atoms with van der Waals surface area (Å²) in [7, 11) is -4.15. The van der Waals surface area contributed by atoms with Gasteiger partial charge in [0.25, 0.3) is 10.0 Å².